The zero-order valence-electron chi connectivity index (χ0n) is 10.1. The normalized spacial score (nSPS) is 10.5. The lowest BCUT2D eigenvalue weighted by atomic mass is 10.1. The molecule has 0 saturated carbocycles. The van der Waals surface area contributed by atoms with Gasteiger partial charge >= 0.3 is 0 Å². The van der Waals surface area contributed by atoms with Crippen LogP contribution < -0.4 is 10.5 Å². The number of rotatable bonds is 6. The molecule has 90 valence electrons. The lowest BCUT2D eigenvalue weighted by molar-refractivity contribution is 0.107. The zero-order chi connectivity index (χ0) is 12.0. The van der Waals surface area contributed by atoms with E-state index in [1.54, 1.807) is 0 Å². The van der Waals surface area contributed by atoms with E-state index in [1.165, 1.54) is 0 Å². The van der Waals surface area contributed by atoms with Crippen molar-refractivity contribution in [2.24, 2.45) is 5.73 Å². The molecule has 1 aromatic rings. The highest BCUT2D eigenvalue weighted by Crippen LogP contribution is 2.19. The molecule has 0 spiro atoms. The molecule has 0 unspecified atom stereocenters. The molecule has 16 heavy (non-hydrogen) atoms. The smallest absolute Gasteiger partial charge is 0.238 e. The minimum Gasteiger partial charge on any atom is -0.474 e. The molecule has 5 nitrogen and oxygen atoms in total. The topological polar surface area (TPSA) is 70.3 Å². The molecule has 1 rings (SSSR count). The van der Waals surface area contributed by atoms with Crippen LogP contribution in [0.25, 0.3) is 0 Å². The zero-order valence-corrected chi connectivity index (χ0v) is 10.1. The fraction of sp³-hybridized carbons (Fsp3) is 0.636. The number of aryl methyl sites for hydroxylation is 1. The predicted molar refractivity (Wildman–Crippen MR) is 61.4 cm³/mol. The summed E-state index contributed by atoms with van der Waals surface area (Å²) in [5.41, 5.74) is 8.52. The third-order valence-corrected chi connectivity index (χ3v) is 2.42. The summed E-state index contributed by atoms with van der Waals surface area (Å²) < 4.78 is 10.7. The molecule has 0 fully saturated rings. The van der Waals surface area contributed by atoms with Gasteiger partial charge in [0.05, 0.1) is 12.3 Å². The molecule has 0 atom stereocenters. The van der Waals surface area contributed by atoms with Crippen LogP contribution in [0.1, 0.15) is 23.7 Å². The van der Waals surface area contributed by atoms with Crippen molar-refractivity contribution in [3.8, 4) is 5.88 Å². The van der Waals surface area contributed by atoms with Crippen molar-refractivity contribution in [2.45, 2.75) is 27.3 Å². The second-order valence-corrected chi connectivity index (χ2v) is 3.44. The lowest BCUT2D eigenvalue weighted by Crippen LogP contribution is -2.13. The molecule has 1 aromatic heterocycles. The van der Waals surface area contributed by atoms with Gasteiger partial charge in [0.2, 0.25) is 5.88 Å². The summed E-state index contributed by atoms with van der Waals surface area (Å²) in [6.45, 7) is 7.94. The van der Waals surface area contributed by atoms with Crippen molar-refractivity contribution in [3.63, 3.8) is 0 Å². The average molecular weight is 225 g/mol. The van der Waals surface area contributed by atoms with Gasteiger partial charge in [0, 0.05) is 18.7 Å². The number of ether oxygens (including phenoxy) is 2. The SMILES string of the molecule is CCOCCOc1nnc(C)c(C)c1CN. The second kappa shape index (κ2) is 6.40. The molecule has 0 aromatic carbocycles. The van der Waals surface area contributed by atoms with Crippen LogP contribution in [0.2, 0.25) is 0 Å². The largest absolute Gasteiger partial charge is 0.474 e. The Balaban J connectivity index is 2.68. The summed E-state index contributed by atoms with van der Waals surface area (Å²) in [5, 5.41) is 8.01. The Morgan fingerprint density at radius 1 is 1.19 bits per heavy atom. The molecule has 5 heteroatoms. The van der Waals surface area contributed by atoms with Crippen LogP contribution in [0.15, 0.2) is 0 Å². The van der Waals surface area contributed by atoms with Crippen LogP contribution in [0.3, 0.4) is 0 Å². The maximum absolute atomic E-state index is 5.67. The third kappa shape index (κ3) is 3.15. The summed E-state index contributed by atoms with van der Waals surface area (Å²) in [6.07, 6.45) is 0. The van der Waals surface area contributed by atoms with Gasteiger partial charge in [-0.1, -0.05) is 0 Å². The first-order valence-corrected chi connectivity index (χ1v) is 5.44. The minimum atomic E-state index is 0.409. The van der Waals surface area contributed by atoms with Crippen LogP contribution in [0.5, 0.6) is 5.88 Å². The Kier molecular flexibility index (Phi) is 5.14. The third-order valence-electron chi connectivity index (χ3n) is 2.42. The molecular weight excluding hydrogens is 206 g/mol. The maximum Gasteiger partial charge on any atom is 0.238 e. The number of hydrogen-bond donors (Lipinski definition) is 1. The first-order chi connectivity index (χ1) is 7.70. The van der Waals surface area contributed by atoms with E-state index in [9.17, 15) is 0 Å². The minimum absolute atomic E-state index is 0.409. The van der Waals surface area contributed by atoms with Crippen LogP contribution in [-0.4, -0.2) is 30.0 Å². The fourth-order valence-electron chi connectivity index (χ4n) is 1.33. The Hall–Kier alpha value is -1.20. The summed E-state index contributed by atoms with van der Waals surface area (Å²) in [7, 11) is 0. The molecule has 2 N–H and O–H groups in total. The lowest BCUT2D eigenvalue weighted by Gasteiger charge is -2.11. The van der Waals surface area contributed by atoms with E-state index < -0.39 is 0 Å². The summed E-state index contributed by atoms with van der Waals surface area (Å²) in [6, 6.07) is 0. The number of hydrogen-bond acceptors (Lipinski definition) is 5. The van der Waals surface area contributed by atoms with Crippen molar-refractivity contribution < 1.29 is 9.47 Å². The molecule has 0 aliphatic heterocycles. The van der Waals surface area contributed by atoms with Gasteiger partial charge in [-0.05, 0) is 26.3 Å². The van der Waals surface area contributed by atoms with Crippen LogP contribution in [0.4, 0.5) is 0 Å². The highest BCUT2D eigenvalue weighted by atomic mass is 16.5. The average Bonchev–Trinajstić information content (AvgIpc) is 2.29. The van der Waals surface area contributed by atoms with E-state index in [0.29, 0.717) is 32.2 Å². The predicted octanol–water partition coefficient (Wildman–Crippen LogP) is 0.967. The molecule has 0 amide bonds. The molecule has 0 saturated heterocycles. The quantitative estimate of drug-likeness (QED) is 0.730. The Morgan fingerprint density at radius 3 is 2.56 bits per heavy atom. The van der Waals surface area contributed by atoms with Gasteiger partial charge in [-0.3, -0.25) is 0 Å². The van der Waals surface area contributed by atoms with Gasteiger partial charge in [0.15, 0.2) is 0 Å². The number of nitrogens with two attached hydrogens (primary N) is 1. The van der Waals surface area contributed by atoms with Gasteiger partial charge in [-0.25, -0.2) is 0 Å². The molecule has 0 aliphatic carbocycles. The molecular formula is C11H19N3O2. The maximum atomic E-state index is 5.67. The van der Waals surface area contributed by atoms with Crippen molar-refractivity contribution in [1.82, 2.24) is 10.2 Å². The number of nitrogens with zero attached hydrogens (tertiary/aromatic N) is 2. The first kappa shape index (κ1) is 12.9. The van der Waals surface area contributed by atoms with Crippen molar-refractivity contribution >= 4 is 0 Å². The van der Waals surface area contributed by atoms with Gasteiger partial charge in [-0.15, -0.1) is 5.10 Å². The van der Waals surface area contributed by atoms with E-state index in [0.717, 1.165) is 16.8 Å². The molecule has 0 bridgehead atoms. The first-order valence-electron chi connectivity index (χ1n) is 5.44. The monoisotopic (exact) mass is 225 g/mol. The summed E-state index contributed by atoms with van der Waals surface area (Å²) >= 11 is 0. The van der Waals surface area contributed by atoms with Gasteiger partial charge in [0.1, 0.15) is 6.61 Å². The van der Waals surface area contributed by atoms with Crippen molar-refractivity contribution in [2.75, 3.05) is 19.8 Å². The van der Waals surface area contributed by atoms with Crippen molar-refractivity contribution in [3.05, 3.63) is 16.8 Å². The fourth-order valence-corrected chi connectivity index (χ4v) is 1.33. The van der Waals surface area contributed by atoms with E-state index in [4.69, 9.17) is 15.2 Å². The van der Waals surface area contributed by atoms with Crippen LogP contribution in [0, 0.1) is 13.8 Å². The standard InChI is InChI=1S/C11H19N3O2/c1-4-15-5-6-16-11-10(7-12)8(2)9(3)13-14-11/h4-7,12H2,1-3H3. The molecule has 0 radical (unpaired) electrons. The van der Waals surface area contributed by atoms with Crippen LogP contribution >= 0.6 is 0 Å². The molecule has 0 aliphatic rings. The Bertz CT molecular complexity index is 342. The number of aromatic nitrogens is 2. The van der Waals surface area contributed by atoms with Gasteiger partial charge in [-0.2, -0.15) is 5.10 Å². The van der Waals surface area contributed by atoms with Gasteiger partial charge < -0.3 is 15.2 Å². The van der Waals surface area contributed by atoms with Crippen molar-refractivity contribution in [1.29, 1.82) is 0 Å². The Morgan fingerprint density at radius 2 is 1.94 bits per heavy atom. The highest BCUT2D eigenvalue weighted by Gasteiger charge is 2.10. The van der Waals surface area contributed by atoms with E-state index in [2.05, 4.69) is 10.2 Å². The molecule has 1 heterocycles. The van der Waals surface area contributed by atoms with Crippen LogP contribution in [-0.2, 0) is 11.3 Å². The Labute approximate surface area is 96.0 Å². The second-order valence-electron chi connectivity index (χ2n) is 3.44. The van der Waals surface area contributed by atoms with E-state index in [-0.39, 0.29) is 0 Å². The highest BCUT2D eigenvalue weighted by molar-refractivity contribution is 5.34. The van der Waals surface area contributed by atoms with Gasteiger partial charge in [0.25, 0.3) is 0 Å². The van der Waals surface area contributed by atoms with E-state index >= 15 is 0 Å². The summed E-state index contributed by atoms with van der Waals surface area (Å²) in [4.78, 5) is 0. The summed E-state index contributed by atoms with van der Waals surface area (Å²) in [5.74, 6) is 0.519. The van der Waals surface area contributed by atoms with E-state index in [1.807, 2.05) is 20.8 Å².